The van der Waals surface area contributed by atoms with E-state index in [1.54, 1.807) is 0 Å². The number of benzene rings is 1. The van der Waals surface area contributed by atoms with E-state index in [0.717, 1.165) is 6.92 Å². The van der Waals surface area contributed by atoms with Crippen molar-refractivity contribution in [3.63, 3.8) is 0 Å². The molecule has 152 valence electrons. The molecule has 0 saturated heterocycles. The van der Waals surface area contributed by atoms with Crippen molar-refractivity contribution in [1.82, 2.24) is 5.43 Å². The molecule has 0 bridgehead atoms. The summed E-state index contributed by atoms with van der Waals surface area (Å²) in [5.74, 6) is 3.51. The maximum Gasteiger partial charge on any atom is 0.435 e. The molecule has 0 spiro atoms. The van der Waals surface area contributed by atoms with Crippen molar-refractivity contribution >= 4 is 11.6 Å². The molecule has 0 saturated carbocycles. The first-order chi connectivity index (χ1) is 11.8. The van der Waals surface area contributed by atoms with Crippen LogP contribution in [0, 0.1) is 6.92 Å². The number of hydrazine groups is 1. The van der Waals surface area contributed by atoms with Crippen molar-refractivity contribution in [1.29, 1.82) is 0 Å². The monoisotopic (exact) mass is 393 g/mol. The van der Waals surface area contributed by atoms with E-state index in [4.69, 9.17) is 11.6 Å². The predicted molar refractivity (Wildman–Crippen MR) is 84.8 cm³/mol. The largest absolute Gasteiger partial charge is 0.435 e. The average molecular weight is 393 g/mol. The zero-order valence-corrected chi connectivity index (χ0v) is 14.9. The van der Waals surface area contributed by atoms with Gasteiger partial charge in [0.1, 0.15) is 0 Å². The summed E-state index contributed by atoms with van der Waals surface area (Å²) < 4.78 is 90.0. The lowest BCUT2D eigenvalue weighted by atomic mass is 9.90. The molecule has 0 radical (unpaired) electrons. The molecule has 0 heterocycles. The van der Waals surface area contributed by atoms with Gasteiger partial charge >= 0.3 is 18.0 Å². The molecule has 0 atom stereocenters. The standard InChI is InChI=1S/C11H10F7N3O.2C2H6/c1-4-2-5(3-6(7(4)19)8(22)21-20)9(12,10(13,14)15)11(16,17)18;2*1-2/h2-3H,19-20H2,1H3,(H,21,22);2*1-2H3. The molecule has 0 aliphatic rings. The summed E-state index contributed by atoms with van der Waals surface area (Å²) in [6.07, 6.45) is -12.6. The molecule has 0 aliphatic heterocycles. The van der Waals surface area contributed by atoms with Gasteiger partial charge in [0.05, 0.1) is 5.56 Å². The predicted octanol–water partition coefficient (Wildman–Crippen LogP) is 4.52. The van der Waals surface area contributed by atoms with Gasteiger partial charge in [0.15, 0.2) is 0 Å². The third-order valence-corrected chi connectivity index (χ3v) is 2.94. The number of hydrogen-bond donors (Lipinski definition) is 3. The Hall–Kier alpha value is -2.04. The summed E-state index contributed by atoms with van der Waals surface area (Å²) in [5, 5.41) is 0. The topological polar surface area (TPSA) is 81.1 Å². The lowest BCUT2D eigenvalue weighted by Gasteiger charge is -2.31. The number of nitrogens with two attached hydrogens (primary N) is 2. The minimum atomic E-state index is -6.29. The van der Waals surface area contributed by atoms with Crippen LogP contribution in [-0.2, 0) is 5.67 Å². The number of hydrogen-bond acceptors (Lipinski definition) is 3. The number of anilines is 1. The number of rotatable bonds is 2. The second kappa shape index (κ2) is 9.60. The third kappa shape index (κ3) is 4.99. The summed E-state index contributed by atoms with van der Waals surface area (Å²) >= 11 is 0. The van der Waals surface area contributed by atoms with Gasteiger partial charge in [0.25, 0.3) is 5.91 Å². The van der Waals surface area contributed by atoms with Crippen LogP contribution >= 0.6 is 0 Å². The maximum absolute atomic E-state index is 13.9. The van der Waals surface area contributed by atoms with E-state index < -0.39 is 40.7 Å². The number of nitrogens with one attached hydrogen (secondary N) is 1. The lowest BCUT2D eigenvalue weighted by Crippen LogP contribution is -2.50. The Kier molecular flexibility index (Phi) is 9.67. The van der Waals surface area contributed by atoms with Crippen molar-refractivity contribution in [2.45, 2.75) is 52.6 Å². The van der Waals surface area contributed by atoms with E-state index in [-0.39, 0.29) is 17.7 Å². The summed E-state index contributed by atoms with van der Waals surface area (Å²) in [6, 6.07) is 0.356. The van der Waals surface area contributed by atoms with Gasteiger partial charge < -0.3 is 5.73 Å². The Morgan fingerprint density at radius 1 is 0.923 bits per heavy atom. The quantitative estimate of drug-likeness (QED) is 0.227. The molecule has 1 aromatic rings. The average Bonchev–Trinajstić information content (AvgIpc) is 2.57. The summed E-state index contributed by atoms with van der Waals surface area (Å²) in [6.45, 7) is 9.03. The van der Waals surface area contributed by atoms with Crippen molar-refractivity contribution in [2.75, 3.05) is 5.73 Å². The highest BCUT2D eigenvalue weighted by Gasteiger charge is 2.73. The molecule has 0 aliphatic carbocycles. The highest BCUT2D eigenvalue weighted by Crippen LogP contribution is 2.53. The van der Waals surface area contributed by atoms with Crippen LogP contribution in [-0.4, -0.2) is 18.3 Å². The fourth-order valence-electron chi connectivity index (χ4n) is 1.75. The van der Waals surface area contributed by atoms with E-state index in [1.165, 1.54) is 5.43 Å². The molecule has 1 aromatic carbocycles. The second-order valence-corrected chi connectivity index (χ2v) is 4.38. The minimum absolute atomic E-state index is 0.0749. The summed E-state index contributed by atoms with van der Waals surface area (Å²) in [7, 11) is 0. The fraction of sp³-hybridized carbons (Fsp3) is 0.533. The maximum atomic E-state index is 13.9. The first-order valence-corrected chi connectivity index (χ1v) is 7.51. The van der Waals surface area contributed by atoms with Crippen LogP contribution in [0.1, 0.15) is 49.2 Å². The molecule has 0 fully saturated rings. The number of nitrogen functional groups attached to an aromatic ring is 2. The van der Waals surface area contributed by atoms with Gasteiger partial charge in [-0.1, -0.05) is 33.8 Å². The Balaban J connectivity index is 0. The van der Waals surface area contributed by atoms with Gasteiger partial charge in [0.2, 0.25) is 0 Å². The van der Waals surface area contributed by atoms with E-state index in [1.807, 2.05) is 27.7 Å². The highest BCUT2D eigenvalue weighted by molar-refractivity contribution is 5.99. The molecular weight excluding hydrogens is 371 g/mol. The summed E-state index contributed by atoms with van der Waals surface area (Å²) in [5.41, 5.74) is -2.13. The van der Waals surface area contributed by atoms with Gasteiger partial charge in [-0.25, -0.2) is 10.2 Å². The molecule has 1 amide bonds. The first kappa shape index (κ1) is 26.2. The molecule has 1 rings (SSSR count). The molecule has 26 heavy (non-hydrogen) atoms. The van der Waals surface area contributed by atoms with Crippen LogP contribution in [0.3, 0.4) is 0 Å². The number of amides is 1. The van der Waals surface area contributed by atoms with Crippen molar-refractivity contribution < 1.29 is 35.5 Å². The van der Waals surface area contributed by atoms with Crippen LogP contribution in [0.2, 0.25) is 0 Å². The number of alkyl halides is 7. The van der Waals surface area contributed by atoms with Gasteiger partial charge in [-0.15, -0.1) is 0 Å². The lowest BCUT2D eigenvalue weighted by molar-refractivity contribution is -0.348. The molecular formula is C15H22F7N3O. The normalized spacial score (nSPS) is 11.6. The Morgan fingerprint density at radius 2 is 1.31 bits per heavy atom. The van der Waals surface area contributed by atoms with Crippen LogP contribution in [0.25, 0.3) is 0 Å². The smallest absolute Gasteiger partial charge is 0.398 e. The van der Waals surface area contributed by atoms with Crippen LogP contribution in [0.5, 0.6) is 0 Å². The highest BCUT2D eigenvalue weighted by atomic mass is 19.4. The Bertz CT molecular complexity index is 584. The van der Waals surface area contributed by atoms with Crippen LogP contribution in [0.15, 0.2) is 12.1 Å². The second-order valence-electron chi connectivity index (χ2n) is 4.38. The van der Waals surface area contributed by atoms with Crippen LogP contribution < -0.4 is 17.0 Å². The van der Waals surface area contributed by atoms with Gasteiger partial charge in [-0.05, 0) is 18.6 Å². The third-order valence-electron chi connectivity index (χ3n) is 2.94. The van der Waals surface area contributed by atoms with E-state index >= 15 is 0 Å². The van der Waals surface area contributed by atoms with E-state index in [2.05, 4.69) is 0 Å². The Labute approximate surface area is 146 Å². The molecule has 4 nitrogen and oxygen atoms in total. The number of halogens is 7. The van der Waals surface area contributed by atoms with Crippen LogP contribution in [0.4, 0.5) is 36.4 Å². The molecule has 0 unspecified atom stereocenters. The van der Waals surface area contributed by atoms with Gasteiger partial charge in [-0.2, -0.15) is 26.3 Å². The molecule has 0 aromatic heterocycles. The first-order valence-electron chi connectivity index (χ1n) is 7.51. The van der Waals surface area contributed by atoms with E-state index in [0.29, 0.717) is 0 Å². The zero-order chi connectivity index (χ0) is 21.5. The minimum Gasteiger partial charge on any atom is -0.398 e. The van der Waals surface area contributed by atoms with Crippen molar-refractivity contribution in [3.05, 3.63) is 28.8 Å². The zero-order valence-electron chi connectivity index (χ0n) is 14.9. The SMILES string of the molecule is CC.CC.Cc1cc(C(F)(C(F)(F)F)C(F)(F)F)cc(C(=O)NN)c1N. The molecule has 5 N–H and O–H groups in total. The van der Waals surface area contributed by atoms with Gasteiger partial charge in [0, 0.05) is 11.3 Å². The van der Waals surface area contributed by atoms with Crippen molar-refractivity contribution in [2.24, 2.45) is 5.84 Å². The number of aryl methyl sites for hydroxylation is 1. The number of carbonyl (C=O) groups excluding carboxylic acids is 1. The fourth-order valence-corrected chi connectivity index (χ4v) is 1.75. The van der Waals surface area contributed by atoms with E-state index in [9.17, 15) is 35.5 Å². The molecule has 11 heteroatoms. The Morgan fingerprint density at radius 3 is 1.62 bits per heavy atom. The van der Waals surface area contributed by atoms with Gasteiger partial charge in [-0.3, -0.25) is 10.2 Å². The number of carbonyl (C=O) groups is 1. The van der Waals surface area contributed by atoms with Crippen molar-refractivity contribution in [3.8, 4) is 0 Å². The summed E-state index contributed by atoms with van der Waals surface area (Å²) in [4.78, 5) is 11.4.